The summed E-state index contributed by atoms with van der Waals surface area (Å²) in [4.78, 5) is 9.55. The number of hydrogen-bond donors (Lipinski definition) is 0. The van der Waals surface area contributed by atoms with Gasteiger partial charge in [0.25, 0.3) is 0 Å². The molecule has 86 heavy (non-hydrogen) atoms. The van der Waals surface area contributed by atoms with Crippen molar-refractivity contribution in [3.8, 4) is 22.3 Å². The van der Waals surface area contributed by atoms with Gasteiger partial charge in [-0.25, -0.2) is 24.3 Å². The van der Waals surface area contributed by atoms with Crippen LogP contribution in [0.25, 0.3) is 22.3 Å². The monoisotopic (exact) mass is 1510 g/mol. The van der Waals surface area contributed by atoms with Gasteiger partial charge in [0, 0.05) is 63.7 Å². The van der Waals surface area contributed by atoms with E-state index >= 15 is 0 Å². The van der Waals surface area contributed by atoms with Gasteiger partial charge in [-0.2, -0.15) is 36.4 Å². The fourth-order valence-electron chi connectivity index (χ4n) is 10.7. The van der Waals surface area contributed by atoms with E-state index in [1.165, 1.54) is 96.0 Å². The summed E-state index contributed by atoms with van der Waals surface area (Å²) in [7, 11) is 0. The molecule has 0 saturated carbocycles. The minimum absolute atomic E-state index is 0. The van der Waals surface area contributed by atoms with Gasteiger partial charge < -0.3 is 44.4 Å². The Hall–Kier alpha value is -6.02. The third kappa shape index (κ3) is 20.0. The van der Waals surface area contributed by atoms with E-state index in [-0.39, 0.29) is 24.8 Å². The first-order valence-corrected chi connectivity index (χ1v) is 34.0. The molecular weight excluding hydrogens is 1420 g/mol. The second-order valence-corrected chi connectivity index (χ2v) is 24.0. The third-order valence-corrected chi connectivity index (χ3v) is 19.6. The zero-order chi connectivity index (χ0) is 59.5. The van der Waals surface area contributed by atoms with Crippen LogP contribution in [0.1, 0.15) is 113 Å². The maximum atomic E-state index is 3.66. The molecule has 4 aliphatic rings. The SMILES string of the molecule is CCN(CC)c1[c-]c2c(cc1)-c1ccc(N(CC)CC)cc1C2.CCN(CC)c1[c-]c2c(cc1)-c1ccc(N(CC)CC)cc1C2.[C-]1=CC=CC1.[C-]1=CC=CC1.[Cl-].[Cl-].[Hf+2]=[C](c1ccccc1)c1ccccc1.[Hf+2]=[C](c1ccccc1)c1ccccc1. The van der Waals surface area contributed by atoms with Gasteiger partial charge in [-0.3, -0.25) is 12.2 Å². The molecule has 0 N–H and O–H groups in total. The van der Waals surface area contributed by atoms with E-state index in [1.54, 1.807) is 0 Å². The van der Waals surface area contributed by atoms with Crippen LogP contribution in [0.15, 0.2) is 218 Å². The van der Waals surface area contributed by atoms with Crippen molar-refractivity contribution in [1.29, 1.82) is 0 Å². The molecule has 0 atom stereocenters. The fraction of sp³-hybridized carbons (Fsp3) is 0.256. The summed E-state index contributed by atoms with van der Waals surface area (Å²) in [5.41, 5.74) is 21.6. The van der Waals surface area contributed by atoms with Crippen molar-refractivity contribution in [2.75, 3.05) is 72.0 Å². The first-order valence-electron chi connectivity index (χ1n) is 30.4. The van der Waals surface area contributed by atoms with Crippen LogP contribution in [0.2, 0.25) is 0 Å². The van der Waals surface area contributed by atoms with Gasteiger partial charge in [0.15, 0.2) is 0 Å². The van der Waals surface area contributed by atoms with Gasteiger partial charge in [-0.15, -0.1) is 47.2 Å². The Kier molecular flexibility index (Phi) is 31.5. The van der Waals surface area contributed by atoms with Gasteiger partial charge in [-0.1, -0.05) is 34.6 Å². The van der Waals surface area contributed by atoms with Crippen LogP contribution in [-0.2, 0) is 60.6 Å². The van der Waals surface area contributed by atoms with E-state index in [4.69, 9.17) is 0 Å². The van der Waals surface area contributed by atoms with Gasteiger partial charge in [0.2, 0.25) is 0 Å². The number of rotatable bonds is 16. The number of fused-ring (bicyclic) bond motifs is 6. The van der Waals surface area contributed by atoms with Crippen LogP contribution in [0.3, 0.4) is 0 Å². The Labute approximate surface area is 559 Å². The number of halogens is 2. The molecule has 8 aromatic carbocycles. The van der Waals surface area contributed by atoms with Gasteiger partial charge in [0.05, 0.1) is 0 Å². The molecule has 4 aliphatic carbocycles. The summed E-state index contributed by atoms with van der Waals surface area (Å²) < 4.78 is 2.93. The van der Waals surface area contributed by atoms with E-state index in [0.717, 1.165) is 126 Å². The predicted molar refractivity (Wildman–Crippen MR) is 357 cm³/mol. The van der Waals surface area contributed by atoms with Crippen LogP contribution >= 0.6 is 0 Å². The molecule has 0 aromatic heterocycles. The third-order valence-electron chi connectivity index (χ3n) is 15.4. The van der Waals surface area contributed by atoms with Crippen molar-refractivity contribution >= 4 is 29.3 Å². The molecule has 0 saturated heterocycles. The molecule has 440 valence electrons. The molecule has 0 fully saturated rings. The molecule has 0 radical (unpaired) electrons. The normalized spacial score (nSPS) is 11.7. The molecule has 12 rings (SSSR count). The Balaban J connectivity index is 0.000000200. The van der Waals surface area contributed by atoms with Crippen LogP contribution in [0.4, 0.5) is 22.7 Å². The molecule has 8 heteroatoms. The minimum atomic E-state index is 0. The summed E-state index contributed by atoms with van der Waals surface area (Å²) in [6.45, 7) is 26.0. The van der Waals surface area contributed by atoms with Crippen LogP contribution in [0, 0.1) is 24.3 Å². The maximum absolute atomic E-state index is 3.66. The molecule has 0 unspecified atom stereocenters. The van der Waals surface area contributed by atoms with Crippen molar-refractivity contribution < 1.29 is 72.6 Å². The molecule has 0 bridgehead atoms. The molecular formula is C78H84Cl2Hf2N4-2. The zero-order valence-electron chi connectivity index (χ0n) is 51.8. The average molecular weight is 1510 g/mol. The van der Waals surface area contributed by atoms with Crippen LogP contribution in [0.5, 0.6) is 0 Å². The number of benzene rings is 8. The Morgan fingerprint density at radius 1 is 0.360 bits per heavy atom. The van der Waals surface area contributed by atoms with E-state index in [2.05, 4.69) is 293 Å². The number of anilines is 4. The van der Waals surface area contributed by atoms with E-state index in [9.17, 15) is 0 Å². The second kappa shape index (κ2) is 38.3. The van der Waals surface area contributed by atoms with E-state index in [1.807, 2.05) is 24.3 Å². The summed E-state index contributed by atoms with van der Waals surface area (Å²) in [6, 6.07) is 72.6. The molecule has 0 amide bonds. The molecule has 0 heterocycles. The van der Waals surface area contributed by atoms with Gasteiger partial charge >= 0.3 is 198 Å². The van der Waals surface area contributed by atoms with Crippen LogP contribution < -0.4 is 44.4 Å². The quantitative estimate of drug-likeness (QED) is 0.0706. The van der Waals surface area contributed by atoms with Crippen molar-refractivity contribution in [2.45, 2.75) is 81.1 Å². The van der Waals surface area contributed by atoms with Crippen molar-refractivity contribution in [2.24, 2.45) is 0 Å². The van der Waals surface area contributed by atoms with Crippen molar-refractivity contribution in [1.82, 2.24) is 0 Å². The van der Waals surface area contributed by atoms with Crippen LogP contribution in [-0.4, -0.2) is 58.9 Å². The van der Waals surface area contributed by atoms with Gasteiger partial charge in [0.1, 0.15) is 0 Å². The summed E-state index contributed by atoms with van der Waals surface area (Å²) in [5, 5.41) is 0. The number of nitrogens with zero attached hydrogens (tertiary/aromatic N) is 4. The van der Waals surface area contributed by atoms with E-state index in [0.29, 0.717) is 0 Å². The van der Waals surface area contributed by atoms with Crippen molar-refractivity contribution in [3.63, 3.8) is 0 Å². The molecule has 0 aliphatic heterocycles. The zero-order valence-corrected chi connectivity index (χ0v) is 60.5. The number of allylic oxidation sites excluding steroid dienone is 8. The Morgan fingerprint density at radius 3 is 0.895 bits per heavy atom. The average Bonchev–Trinajstić information content (AvgIpc) is 1.85. The molecule has 0 spiro atoms. The second-order valence-electron chi connectivity index (χ2n) is 20.4. The van der Waals surface area contributed by atoms with E-state index < -0.39 is 0 Å². The fourth-order valence-corrected chi connectivity index (χ4v) is 13.1. The van der Waals surface area contributed by atoms with Gasteiger partial charge in [-0.05, 0) is 104 Å². The number of hydrogen-bond acceptors (Lipinski definition) is 4. The molecule has 8 aromatic rings. The predicted octanol–water partition coefficient (Wildman–Crippen LogP) is 11.7. The Bertz CT molecular complexity index is 2980. The molecule has 4 nitrogen and oxygen atoms in total. The van der Waals surface area contributed by atoms with Crippen molar-refractivity contribution in [3.05, 3.63) is 287 Å². The summed E-state index contributed by atoms with van der Waals surface area (Å²) >= 11 is 2.16. The standard InChI is InChI=1S/2C21H27N2.2C13H10.2C5H5.2ClH.2Hf/c2*1-5-22(6-2)18-9-11-20-16(14-18)13-17-15-19(10-12-21(17)20)23(7-3)8-4;2*1-3-7-12(8-4-1)11-13-9-5-2-6-10-13;2*1-2-4-5-3-1;;;;/h2*9-12,14H,5-8,13H2,1-4H3;2*1-10H;2*1-3H,4H2;2*1H;;/q2*-1;;;2*-1;;;2*+2/p-2. The first-order chi connectivity index (χ1) is 41.2. The topological polar surface area (TPSA) is 13.0 Å². The summed E-state index contributed by atoms with van der Waals surface area (Å²) in [6.07, 6.45) is 22.0. The Morgan fingerprint density at radius 2 is 0.651 bits per heavy atom. The summed E-state index contributed by atoms with van der Waals surface area (Å²) in [5.74, 6) is 0. The first kappa shape index (κ1) is 70.7.